The van der Waals surface area contributed by atoms with E-state index in [9.17, 15) is 38.6 Å². The van der Waals surface area contributed by atoms with Crippen molar-refractivity contribution < 1.29 is 48.0 Å². The molecule has 0 spiro atoms. The molecular weight excluding hydrogens is 634 g/mol. The number of halogens is 3. The van der Waals surface area contributed by atoms with E-state index in [2.05, 4.69) is 0 Å². The predicted octanol–water partition coefficient (Wildman–Crippen LogP) is 3.59. The standard InChI is InChI=1S/C31H27Cl2FN2O9/c1-44-16-11-20(37)24(21(12-16)45-2)25-17-7-8-18-23(27(41)35(26(18)40)10-9-22(38)39)19(17)13-30(32)28(42)36(29(43)31(25,30)33)15-5-3-14(34)4-6-15/h3-7,11-12,18-19,23,25,37H,8-10,13H2,1-2H3,(H,38,39)/t18-,19+,23-,25+,30+,31-/m0/s1. The second-order valence-corrected chi connectivity index (χ2v) is 12.7. The van der Waals surface area contributed by atoms with Crippen molar-refractivity contribution in [2.75, 3.05) is 25.7 Å². The molecule has 3 fully saturated rings. The minimum absolute atomic E-state index is 0.00677. The number of aliphatic carboxylic acids is 1. The Morgan fingerprint density at radius 2 is 1.71 bits per heavy atom. The van der Waals surface area contributed by atoms with E-state index < -0.39 is 81.0 Å². The van der Waals surface area contributed by atoms with Crippen molar-refractivity contribution in [3.63, 3.8) is 0 Å². The number of hydrogen-bond donors (Lipinski definition) is 2. The number of carbonyl (C=O) groups is 5. The number of allylic oxidation sites excluding steroid dienone is 2. The Morgan fingerprint density at radius 3 is 2.33 bits per heavy atom. The number of carbonyl (C=O) groups excluding carboxylic acids is 4. The third kappa shape index (κ3) is 4.25. The van der Waals surface area contributed by atoms with Crippen molar-refractivity contribution >= 4 is 58.5 Å². The van der Waals surface area contributed by atoms with E-state index in [0.717, 1.165) is 21.9 Å². The van der Waals surface area contributed by atoms with Gasteiger partial charge in [-0.1, -0.05) is 11.6 Å². The lowest BCUT2D eigenvalue weighted by Gasteiger charge is -2.50. The van der Waals surface area contributed by atoms with E-state index in [1.54, 1.807) is 6.08 Å². The third-order valence-electron chi connectivity index (χ3n) is 9.37. The fraction of sp³-hybridized carbons (Fsp3) is 0.387. The molecule has 0 radical (unpaired) electrons. The number of ether oxygens (including phenoxy) is 2. The maximum absolute atomic E-state index is 14.4. The number of aromatic hydroxyl groups is 1. The van der Waals surface area contributed by atoms with Gasteiger partial charge in [0.2, 0.25) is 11.8 Å². The Kier molecular flexibility index (Phi) is 7.36. The molecule has 6 rings (SSSR count). The van der Waals surface area contributed by atoms with Crippen LogP contribution in [0.4, 0.5) is 10.1 Å². The summed E-state index contributed by atoms with van der Waals surface area (Å²) in [7, 11) is 2.70. The number of hydrogen-bond acceptors (Lipinski definition) is 8. The van der Waals surface area contributed by atoms with Gasteiger partial charge >= 0.3 is 5.97 Å². The zero-order valence-electron chi connectivity index (χ0n) is 24.0. The van der Waals surface area contributed by atoms with Gasteiger partial charge in [0.05, 0.1) is 38.2 Å². The zero-order chi connectivity index (χ0) is 32.6. The molecule has 45 heavy (non-hydrogen) atoms. The number of likely N-dealkylation sites (tertiary alicyclic amines) is 1. The number of imide groups is 2. The minimum Gasteiger partial charge on any atom is -0.507 e. The number of phenolic OH excluding ortho intramolecular Hbond substituents is 1. The summed E-state index contributed by atoms with van der Waals surface area (Å²) in [6.45, 7) is -0.334. The van der Waals surface area contributed by atoms with Crippen molar-refractivity contribution in [2.45, 2.75) is 34.9 Å². The Hall–Kier alpha value is -4.16. The summed E-state index contributed by atoms with van der Waals surface area (Å²) in [4.78, 5) is 64.3. The van der Waals surface area contributed by atoms with Gasteiger partial charge in [-0.05, 0) is 43.0 Å². The first kappa shape index (κ1) is 30.8. The van der Waals surface area contributed by atoms with Gasteiger partial charge in [-0.3, -0.25) is 28.9 Å². The molecule has 4 amide bonds. The smallest absolute Gasteiger partial charge is 0.305 e. The molecule has 0 bridgehead atoms. The maximum atomic E-state index is 14.4. The van der Waals surface area contributed by atoms with E-state index in [1.807, 2.05) is 0 Å². The molecule has 2 aromatic carbocycles. The number of fused-ring (bicyclic) bond motifs is 4. The van der Waals surface area contributed by atoms with Gasteiger partial charge in [-0.15, -0.1) is 23.2 Å². The number of rotatable bonds is 7. The van der Waals surface area contributed by atoms with Gasteiger partial charge in [-0.2, -0.15) is 0 Å². The van der Waals surface area contributed by atoms with E-state index >= 15 is 0 Å². The minimum atomic E-state index is -2.29. The van der Waals surface area contributed by atoms with Crippen LogP contribution in [0.1, 0.15) is 30.7 Å². The van der Waals surface area contributed by atoms with E-state index in [1.165, 1.54) is 38.5 Å². The van der Waals surface area contributed by atoms with Crippen LogP contribution in [0, 0.1) is 23.6 Å². The Morgan fingerprint density at radius 1 is 1.02 bits per heavy atom. The molecule has 236 valence electrons. The lowest BCUT2D eigenvalue weighted by atomic mass is 9.56. The molecule has 6 atom stereocenters. The molecular formula is C31H27Cl2FN2O9. The van der Waals surface area contributed by atoms with Crippen molar-refractivity contribution in [2.24, 2.45) is 17.8 Å². The molecule has 4 aliphatic rings. The van der Waals surface area contributed by atoms with E-state index in [4.69, 9.17) is 32.7 Å². The van der Waals surface area contributed by atoms with E-state index in [-0.39, 0.29) is 42.1 Å². The first-order valence-corrected chi connectivity index (χ1v) is 14.8. The second-order valence-electron chi connectivity index (χ2n) is 11.5. The molecule has 11 nitrogen and oxygen atoms in total. The van der Waals surface area contributed by atoms with Crippen LogP contribution < -0.4 is 14.4 Å². The van der Waals surface area contributed by atoms with Crippen LogP contribution in [0.25, 0.3) is 0 Å². The average Bonchev–Trinajstić information content (AvgIpc) is 3.34. The Labute approximate surface area is 266 Å². The zero-order valence-corrected chi connectivity index (χ0v) is 25.5. The van der Waals surface area contributed by atoms with Gasteiger partial charge < -0.3 is 19.7 Å². The number of benzene rings is 2. The number of anilines is 1. The summed E-state index contributed by atoms with van der Waals surface area (Å²) in [5.41, 5.74) is 0.409. The van der Waals surface area contributed by atoms with Gasteiger partial charge in [0, 0.05) is 30.2 Å². The topological polar surface area (TPSA) is 151 Å². The maximum Gasteiger partial charge on any atom is 0.305 e. The molecule has 14 heteroatoms. The highest BCUT2D eigenvalue weighted by Crippen LogP contribution is 2.67. The molecule has 2 aromatic rings. The number of methoxy groups -OCH3 is 2. The van der Waals surface area contributed by atoms with Crippen LogP contribution in [0.3, 0.4) is 0 Å². The summed E-state index contributed by atoms with van der Waals surface area (Å²) >= 11 is 14.6. The molecule has 0 unspecified atom stereocenters. The van der Waals surface area contributed by atoms with Gasteiger partial charge in [-0.25, -0.2) is 9.29 Å². The lowest BCUT2D eigenvalue weighted by Crippen LogP contribution is -2.60. The first-order valence-electron chi connectivity index (χ1n) is 14.0. The Balaban J connectivity index is 1.57. The van der Waals surface area contributed by atoms with Gasteiger partial charge in [0.25, 0.3) is 11.8 Å². The summed E-state index contributed by atoms with van der Waals surface area (Å²) in [6, 6.07) is 7.32. The summed E-state index contributed by atoms with van der Waals surface area (Å²) in [5.74, 6) is -9.12. The predicted molar refractivity (Wildman–Crippen MR) is 157 cm³/mol. The number of amides is 4. The van der Waals surface area contributed by atoms with Crippen molar-refractivity contribution in [1.82, 2.24) is 4.90 Å². The van der Waals surface area contributed by atoms with Crippen LogP contribution in [0.5, 0.6) is 17.2 Å². The summed E-state index contributed by atoms with van der Waals surface area (Å²) in [5, 5.41) is 20.6. The summed E-state index contributed by atoms with van der Waals surface area (Å²) < 4.78 is 24.7. The first-order chi connectivity index (χ1) is 21.3. The third-order valence-corrected chi connectivity index (χ3v) is 10.8. The van der Waals surface area contributed by atoms with Crippen molar-refractivity contribution in [3.05, 3.63) is 59.4 Å². The van der Waals surface area contributed by atoms with Gasteiger partial charge in [0.1, 0.15) is 23.1 Å². The molecule has 2 aliphatic heterocycles. The molecule has 0 aromatic heterocycles. The number of carboxylic acids is 1. The SMILES string of the molecule is COc1cc(O)c([C@H]2C3=CC[C@@H]4C(=O)N(CCC(=O)O)C(=O)[C@@H]4[C@@H]3C[C@@]3(Cl)C(=O)N(c4ccc(F)cc4)C(=O)[C@@]23Cl)c(OC)c1. The monoisotopic (exact) mass is 660 g/mol. The van der Waals surface area contributed by atoms with E-state index in [0.29, 0.717) is 5.57 Å². The van der Waals surface area contributed by atoms with Crippen LogP contribution in [0.15, 0.2) is 48.0 Å². The highest BCUT2D eigenvalue weighted by Gasteiger charge is 2.77. The fourth-order valence-electron chi connectivity index (χ4n) is 7.37. The van der Waals surface area contributed by atoms with Gasteiger partial charge in [0.15, 0.2) is 9.75 Å². The quantitative estimate of drug-likeness (QED) is 0.258. The van der Waals surface area contributed by atoms with Crippen LogP contribution in [-0.2, 0) is 24.0 Å². The molecule has 2 aliphatic carbocycles. The van der Waals surface area contributed by atoms with Crippen molar-refractivity contribution in [1.29, 1.82) is 0 Å². The Bertz CT molecular complexity index is 1700. The molecule has 2 N–H and O–H groups in total. The largest absolute Gasteiger partial charge is 0.507 e. The normalized spacial score (nSPS) is 30.6. The molecule has 1 saturated carbocycles. The average molecular weight is 661 g/mol. The molecule has 2 heterocycles. The van der Waals surface area contributed by atoms with Crippen molar-refractivity contribution in [3.8, 4) is 17.2 Å². The second kappa shape index (κ2) is 10.7. The number of alkyl halides is 2. The fourth-order valence-corrected chi connectivity index (χ4v) is 8.29. The number of phenols is 1. The summed E-state index contributed by atoms with van der Waals surface area (Å²) in [6.07, 6.45) is 0.928. The highest BCUT2D eigenvalue weighted by molar-refractivity contribution is 6.58. The number of carboxylic acid groups (broad SMARTS) is 1. The van der Waals surface area contributed by atoms with Crippen LogP contribution in [-0.4, -0.2) is 75.2 Å². The lowest BCUT2D eigenvalue weighted by molar-refractivity contribution is -0.142. The van der Waals surface area contributed by atoms with Crippen LogP contribution in [0.2, 0.25) is 0 Å². The highest BCUT2D eigenvalue weighted by atomic mass is 35.5. The molecule has 2 saturated heterocycles. The van der Waals surface area contributed by atoms with Crippen LogP contribution >= 0.6 is 23.2 Å². The number of nitrogens with zero attached hydrogens (tertiary/aromatic N) is 2.